The van der Waals surface area contributed by atoms with Crippen LogP contribution in [0, 0.1) is 18.6 Å². The van der Waals surface area contributed by atoms with Gasteiger partial charge in [0.05, 0.1) is 5.56 Å². The minimum absolute atomic E-state index is 0.0135. The van der Waals surface area contributed by atoms with Gasteiger partial charge in [-0.2, -0.15) is 0 Å². The Morgan fingerprint density at radius 1 is 1.10 bits per heavy atom. The maximum Gasteiger partial charge on any atom is 0.410 e. The van der Waals surface area contributed by atoms with Gasteiger partial charge in [-0.15, -0.1) is 0 Å². The number of amides is 1. The Balaban J connectivity index is 1.61. The van der Waals surface area contributed by atoms with Crippen LogP contribution in [-0.4, -0.2) is 42.2 Å². The molecule has 0 unspecified atom stereocenters. The number of fused-ring (bicyclic) bond motifs is 2. The van der Waals surface area contributed by atoms with E-state index in [4.69, 9.17) is 15.2 Å². The first-order chi connectivity index (χ1) is 18.9. The molecular formula is C32H34F2N2O4. The normalized spacial score (nSPS) is 20.4. The zero-order chi connectivity index (χ0) is 28.8. The van der Waals surface area contributed by atoms with Crippen LogP contribution >= 0.6 is 0 Å². The molecule has 3 aromatic carbocycles. The summed E-state index contributed by atoms with van der Waals surface area (Å²) in [5.74, 6) is -3.40. The molecule has 3 aromatic rings. The molecule has 40 heavy (non-hydrogen) atoms. The first kappa shape index (κ1) is 27.8. The van der Waals surface area contributed by atoms with Crippen molar-refractivity contribution in [2.75, 3.05) is 19.6 Å². The van der Waals surface area contributed by atoms with Crippen molar-refractivity contribution in [1.29, 1.82) is 0 Å². The van der Waals surface area contributed by atoms with Crippen molar-refractivity contribution in [3.63, 3.8) is 0 Å². The number of nitrogens with two attached hydrogens (primary N) is 1. The van der Waals surface area contributed by atoms with Crippen molar-refractivity contribution >= 4 is 12.1 Å². The molecule has 0 saturated carbocycles. The topological polar surface area (TPSA) is 81.9 Å². The predicted molar refractivity (Wildman–Crippen MR) is 148 cm³/mol. The Labute approximate surface area is 233 Å². The van der Waals surface area contributed by atoms with E-state index in [1.807, 2.05) is 31.2 Å². The van der Waals surface area contributed by atoms with Crippen LogP contribution < -0.4 is 5.73 Å². The number of piperidine rings is 1. The second kappa shape index (κ2) is 10.3. The summed E-state index contributed by atoms with van der Waals surface area (Å²) in [5, 5.41) is 0. The van der Waals surface area contributed by atoms with Gasteiger partial charge < -0.3 is 20.1 Å². The number of esters is 1. The zero-order valence-electron chi connectivity index (χ0n) is 23.2. The van der Waals surface area contributed by atoms with Crippen molar-refractivity contribution in [3.8, 4) is 11.1 Å². The summed E-state index contributed by atoms with van der Waals surface area (Å²) in [6, 6.07) is 16.1. The lowest BCUT2D eigenvalue weighted by atomic mass is 9.71. The average Bonchev–Trinajstić information content (AvgIpc) is 3.15. The van der Waals surface area contributed by atoms with Gasteiger partial charge in [0.2, 0.25) is 0 Å². The maximum atomic E-state index is 14.5. The standard InChI is InChI=1S/C32H34F2N2O4/c1-19-15-21(23-8-6-5-7-20(23)11-13-35)9-10-22(19)26-18-36(30(38)40-31(2,3)4)14-12-32(26)25-17-28(34)27(33)16-24(25)29(37)39-32/h5-10,15-17,26H,11-14,18,35H2,1-4H3/t26-,32+/m1/s1. The van der Waals surface area contributed by atoms with E-state index in [0.29, 0.717) is 12.1 Å². The lowest BCUT2D eigenvalue weighted by Crippen LogP contribution is -2.51. The third-order valence-corrected chi connectivity index (χ3v) is 7.77. The van der Waals surface area contributed by atoms with Crippen LogP contribution in [0.2, 0.25) is 0 Å². The number of carbonyl (C=O) groups is 2. The van der Waals surface area contributed by atoms with Gasteiger partial charge in [0, 0.05) is 31.0 Å². The molecule has 5 rings (SSSR count). The highest BCUT2D eigenvalue weighted by atomic mass is 19.2. The fourth-order valence-electron chi connectivity index (χ4n) is 5.97. The second-order valence-corrected chi connectivity index (χ2v) is 11.6. The van der Waals surface area contributed by atoms with Gasteiger partial charge in [-0.3, -0.25) is 0 Å². The summed E-state index contributed by atoms with van der Waals surface area (Å²) in [6.07, 6.45) is 0.469. The van der Waals surface area contributed by atoms with Crippen molar-refractivity contribution < 1.29 is 27.8 Å². The number of ether oxygens (including phenoxy) is 2. The van der Waals surface area contributed by atoms with Crippen molar-refractivity contribution in [2.24, 2.45) is 5.73 Å². The molecule has 0 aliphatic carbocycles. The average molecular weight is 549 g/mol. The largest absolute Gasteiger partial charge is 0.450 e. The highest BCUT2D eigenvalue weighted by Crippen LogP contribution is 2.52. The SMILES string of the molecule is Cc1cc(-c2ccccc2CCN)ccc1[C@H]1CN(C(=O)OC(C)(C)C)CC[C@@]12OC(=O)c1cc(F)c(F)cc12. The lowest BCUT2D eigenvalue weighted by molar-refractivity contribution is -0.0612. The molecule has 6 nitrogen and oxygen atoms in total. The number of benzene rings is 3. The molecule has 1 saturated heterocycles. The zero-order valence-corrected chi connectivity index (χ0v) is 23.2. The summed E-state index contributed by atoms with van der Waals surface area (Å²) in [5.41, 5.74) is 9.19. The Kier molecular flexibility index (Phi) is 7.17. The molecule has 8 heteroatoms. The van der Waals surface area contributed by atoms with E-state index in [0.717, 1.165) is 46.4 Å². The fourth-order valence-corrected chi connectivity index (χ4v) is 5.97. The number of hydrogen-bond donors (Lipinski definition) is 1. The predicted octanol–water partition coefficient (Wildman–Crippen LogP) is 6.23. The van der Waals surface area contributed by atoms with E-state index in [1.54, 1.807) is 25.7 Å². The third-order valence-electron chi connectivity index (χ3n) is 7.77. The molecule has 2 aliphatic heterocycles. The van der Waals surface area contributed by atoms with E-state index in [1.165, 1.54) is 0 Å². The molecule has 0 aromatic heterocycles. The summed E-state index contributed by atoms with van der Waals surface area (Å²) in [4.78, 5) is 27.7. The van der Waals surface area contributed by atoms with Crippen LogP contribution in [0.4, 0.5) is 13.6 Å². The van der Waals surface area contributed by atoms with E-state index >= 15 is 0 Å². The minimum Gasteiger partial charge on any atom is -0.450 e. The van der Waals surface area contributed by atoms with Gasteiger partial charge in [0.1, 0.15) is 11.2 Å². The molecular weight excluding hydrogens is 514 g/mol. The molecule has 1 amide bonds. The van der Waals surface area contributed by atoms with Gasteiger partial charge in [0.25, 0.3) is 0 Å². The molecule has 1 fully saturated rings. The first-order valence-electron chi connectivity index (χ1n) is 13.5. The number of aryl methyl sites for hydroxylation is 1. The van der Waals surface area contributed by atoms with Crippen LogP contribution in [0.15, 0.2) is 54.6 Å². The van der Waals surface area contributed by atoms with Crippen LogP contribution in [0.3, 0.4) is 0 Å². The number of halogens is 2. The fraction of sp³-hybridized carbons (Fsp3) is 0.375. The summed E-state index contributed by atoms with van der Waals surface area (Å²) >= 11 is 0. The highest BCUT2D eigenvalue weighted by Gasteiger charge is 2.55. The van der Waals surface area contributed by atoms with Gasteiger partial charge in [0.15, 0.2) is 11.6 Å². The van der Waals surface area contributed by atoms with E-state index in [2.05, 4.69) is 18.2 Å². The Bertz CT molecular complexity index is 1480. The Morgan fingerprint density at radius 3 is 2.52 bits per heavy atom. The van der Waals surface area contributed by atoms with E-state index in [9.17, 15) is 18.4 Å². The molecule has 2 atom stereocenters. The number of nitrogens with zero attached hydrogens (tertiary/aromatic N) is 1. The summed E-state index contributed by atoms with van der Waals surface area (Å²) in [7, 11) is 0. The Hall–Kier alpha value is -3.78. The third kappa shape index (κ3) is 4.96. The second-order valence-electron chi connectivity index (χ2n) is 11.6. The van der Waals surface area contributed by atoms with Crippen molar-refractivity contribution in [3.05, 3.63) is 94.0 Å². The molecule has 1 spiro atoms. The lowest BCUT2D eigenvalue weighted by Gasteiger charge is -2.45. The van der Waals surface area contributed by atoms with Gasteiger partial charge in [-0.1, -0.05) is 42.5 Å². The van der Waals surface area contributed by atoms with E-state index in [-0.39, 0.29) is 25.1 Å². The van der Waals surface area contributed by atoms with Gasteiger partial charge in [-0.05, 0) is 80.6 Å². The number of hydrogen-bond acceptors (Lipinski definition) is 5. The van der Waals surface area contributed by atoms with Crippen LogP contribution in [0.5, 0.6) is 0 Å². The number of carbonyl (C=O) groups excluding carboxylic acids is 2. The number of likely N-dealkylation sites (tertiary alicyclic amines) is 1. The molecule has 2 aliphatic rings. The van der Waals surface area contributed by atoms with Gasteiger partial charge >= 0.3 is 12.1 Å². The quantitative estimate of drug-likeness (QED) is 0.391. The summed E-state index contributed by atoms with van der Waals surface area (Å²) in [6.45, 7) is 8.28. The van der Waals surface area contributed by atoms with E-state index < -0.39 is 40.8 Å². The molecule has 2 N–H and O–H groups in total. The molecule has 0 radical (unpaired) electrons. The van der Waals surface area contributed by atoms with Crippen LogP contribution in [-0.2, 0) is 21.5 Å². The van der Waals surface area contributed by atoms with Gasteiger partial charge in [-0.25, -0.2) is 18.4 Å². The van der Waals surface area contributed by atoms with Crippen LogP contribution in [0.1, 0.15) is 65.7 Å². The monoisotopic (exact) mass is 548 g/mol. The van der Waals surface area contributed by atoms with Crippen molar-refractivity contribution in [2.45, 2.75) is 57.7 Å². The smallest absolute Gasteiger partial charge is 0.410 e. The molecule has 0 bridgehead atoms. The molecule has 2 heterocycles. The number of rotatable bonds is 4. The van der Waals surface area contributed by atoms with Crippen LogP contribution in [0.25, 0.3) is 11.1 Å². The Morgan fingerprint density at radius 2 is 1.82 bits per heavy atom. The summed E-state index contributed by atoms with van der Waals surface area (Å²) < 4.78 is 40.4. The maximum absolute atomic E-state index is 14.5. The molecule has 210 valence electrons. The minimum atomic E-state index is -1.26. The highest BCUT2D eigenvalue weighted by molar-refractivity contribution is 5.95. The first-order valence-corrected chi connectivity index (χ1v) is 13.5. The van der Waals surface area contributed by atoms with Crippen molar-refractivity contribution in [1.82, 2.24) is 4.90 Å².